The standard InChI is InChI=1S/C14H19FN2O2/c1-10-5-7-12(8-6-10)16-9-11-3-2-4-13(14(11)15)17(18)19/h2-4,10,12,16H,5-9H2,1H3. The first-order valence-corrected chi connectivity index (χ1v) is 6.73. The minimum atomic E-state index is -0.718. The van der Waals surface area contributed by atoms with E-state index in [1.165, 1.54) is 25.0 Å². The zero-order valence-electron chi connectivity index (χ0n) is 11.1. The molecule has 0 unspecified atom stereocenters. The van der Waals surface area contributed by atoms with E-state index >= 15 is 0 Å². The normalized spacial score (nSPS) is 23.3. The number of nitro groups is 1. The lowest BCUT2D eigenvalue weighted by molar-refractivity contribution is -0.387. The topological polar surface area (TPSA) is 55.2 Å². The second-order valence-electron chi connectivity index (χ2n) is 5.35. The summed E-state index contributed by atoms with van der Waals surface area (Å²) in [7, 11) is 0. The van der Waals surface area contributed by atoms with Gasteiger partial charge in [0.15, 0.2) is 0 Å². The van der Waals surface area contributed by atoms with Crippen molar-refractivity contribution in [2.75, 3.05) is 0 Å². The van der Waals surface area contributed by atoms with E-state index in [0.717, 1.165) is 18.8 Å². The predicted octanol–water partition coefficient (Wildman–Crippen LogP) is 3.40. The molecule has 0 bridgehead atoms. The lowest BCUT2D eigenvalue weighted by Crippen LogP contribution is -2.32. The van der Waals surface area contributed by atoms with Crippen LogP contribution in [0.1, 0.15) is 38.2 Å². The van der Waals surface area contributed by atoms with Crippen molar-refractivity contribution >= 4 is 5.69 Å². The molecule has 0 aromatic heterocycles. The zero-order chi connectivity index (χ0) is 13.8. The zero-order valence-corrected chi connectivity index (χ0v) is 11.1. The third kappa shape index (κ3) is 3.50. The second kappa shape index (κ2) is 6.10. The smallest absolute Gasteiger partial charge is 0.305 e. The maximum atomic E-state index is 13.9. The average Bonchev–Trinajstić information content (AvgIpc) is 2.39. The minimum absolute atomic E-state index is 0.354. The van der Waals surface area contributed by atoms with Crippen LogP contribution in [-0.2, 0) is 6.54 Å². The average molecular weight is 266 g/mol. The molecule has 1 aromatic rings. The molecule has 1 N–H and O–H groups in total. The predicted molar refractivity (Wildman–Crippen MR) is 71.3 cm³/mol. The summed E-state index contributed by atoms with van der Waals surface area (Å²) in [5.74, 6) is 0.0526. The first-order valence-electron chi connectivity index (χ1n) is 6.73. The van der Waals surface area contributed by atoms with Crippen LogP contribution in [0.3, 0.4) is 0 Å². The summed E-state index contributed by atoms with van der Waals surface area (Å²) >= 11 is 0. The number of nitro benzene ring substituents is 1. The fraction of sp³-hybridized carbons (Fsp3) is 0.571. The number of rotatable bonds is 4. The molecule has 0 atom stereocenters. The van der Waals surface area contributed by atoms with Gasteiger partial charge in [0.1, 0.15) is 0 Å². The summed E-state index contributed by atoms with van der Waals surface area (Å²) in [6.07, 6.45) is 4.57. The number of nitrogens with zero attached hydrogens (tertiary/aromatic N) is 1. The van der Waals surface area contributed by atoms with Gasteiger partial charge in [-0.2, -0.15) is 4.39 Å². The number of hydrogen-bond donors (Lipinski definition) is 1. The highest BCUT2D eigenvalue weighted by atomic mass is 19.1. The van der Waals surface area contributed by atoms with E-state index in [1.807, 2.05) is 0 Å². The van der Waals surface area contributed by atoms with Crippen LogP contribution in [0.2, 0.25) is 0 Å². The van der Waals surface area contributed by atoms with Gasteiger partial charge >= 0.3 is 5.69 Å². The van der Waals surface area contributed by atoms with Crippen molar-refractivity contribution < 1.29 is 9.31 Å². The third-order valence-corrected chi connectivity index (χ3v) is 3.85. The largest absolute Gasteiger partial charge is 0.310 e. The fourth-order valence-electron chi connectivity index (χ4n) is 2.56. The first kappa shape index (κ1) is 13.9. The van der Waals surface area contributed by atoms with Crippen LogP contribution in [0.25, 0.3) is 0 Å². The van der Waals surface area contributed by atoms with E-state index in [-0.39, 0.29) is 0 Å². The summed E-state index contributed by atoms with van der Waals surface area (Å²) in [6.45, 7) is 2.60. The maximum absolute atomic E-state index is 13.9. The van der Waals surface area contributed by atoms with Gasteiger partial charge in [-0.3, -0.25) is 10.1 Å². The molecule has 0 radical (unpaired) electrons. The van der Waals surface area contributed by atoms with Crippen molar-refractivity contribution in [2.24, 2.45) is 5.92 Å². The van der Waals surface area contributed by atoms with Crippen molar-refractivity contribution in [3.05, 3.63) is 39.7 Å². The van der Waals surface area contributed by atoms with Gasteiger partial charge in [-0.1, -0.05) is 19.1 Å². The number of benzene rings is 1. The molecule has 0 spiro atoms. The van der Waals surface area contributed by atoms with E-state index < -0.39 is 16.4 Å². The molecule has 4 nitrogen and oxygen atoms in total. The highest BCUT2D eigenvalue weighted by molar-refractivity contribution is 5.36. The molecule has 0 saturated heterocycles. The summed E-state index contributed by atoms with van der Waals surface area (Å²) in [6, 6.07) is 4.72. The van der Waals surface area contributed by atoms with Gasteiger partial charge in [-0.05, 0) is 31.6 Å². The van der Waals surface area contributed by atoms with E-state index in [1.54, 1.807) is 6.07 Å². The van der Waals surface area contributed by atoms with Gasteiger partial charge in [0, 0.05) is 24.2 Å². The van der Waals surface area contributed by atoms with Crippen LogP contribution >= 0.6 is 0 Å². The van der Waals surface area contributed by atoms with Gasteiger partial charge in [0.25, 0.3) is 0 Å². The molecular formula is C14H19FN2O2. The summed E-state index contributed by atoms with van der Waals surface area (Å²) < 4.78 is 13.9. The Bertz CT molecular complexity index is 457. The van der Waals surface area contributed by atoms with Gasteiger partial charge in [-0.15, -0.1) is 0 Å². The Labute approximate surface area is 112 Å². The molecule has 2 rings (SSSR count). The Morgan fingerprint density at radius 3 is 2.68 bits per heavy atom. The quantitative estimate of drug-likeness (QED) is 0.671. The Hall–Kier alpha value is -1.49. The van der Waals surface area contributed by atoms with Gasteiger partial charge < -0.3 is 5.32 Å². The molecular weight excluding hydrogens is 247 g/mol. The molecule has 104 valence electrons. The second-order valence-corrected chi connectivity index (χ2v) is 5.35. The maximum Gasteiger partial charge on any atom is 0.305 e. The van der Waals surface area contributed by atoms with E-state index in [9.17, 15) is 14.5 Å². The summed E-state index contributed by atoms with van der Waals surface area (Å²) in [5.41, 5.74) is -0.0793. The molecule has 5 heteroatoms. The van der Waals surface area contributed by atoms with Crippen LogP contribution in [0, 0.1) is 21.8 Å². The fourth-order valence-corrected chi connectivity index (χ4v) is 2.56. The monoisotopic (exact) mass is 266 g/mol. The lowest BCUT2D eigenvalue weighted by Gasteiger charge is -2.27. The number of nitrogens with one attached hydrogen (secondary N) is 1. The summed E-state index contributed by atoms with van der Waals surface area (Å²) in [5, 5.41) is 14.0. The van der Waals surface area contributed by atoms with Gasteiger partial charge in [-0.25, -0.2) is 0 Å². The highest BCUT2D eigenvalue weighted by Crippen LogP contribution is 2.24. The Kier molecular flexibility index (Phi) is 4.47. The molecule has 0 aliphatic heterocycles. The van der Waals surface area contributed by atoms with Crippen LogP contribution < -0.4 is 5.32 Å². The van der Waals surface area contributed by atoms with E-state index in [0.29, 0.717) is 18.2 Å². The van der Waals surface area contributed by atoms with Crippen LogP contribution in [0.5, 0.6) is 0 Å². The molecule has 1 aromatic carbocycles. The molecule has 19 heavy (non-hydrogen) atoms. The van der Waals surface area contributed by atoms with Crippen LogP contribution in [0.4, 0.5) is 10.1 Å². The van der Waals surface area contributed by atoms with E-state index in [4.69, 9.17) is 0 Å². The molecule has 1 aliphatic rings. The minimum Gasteiger partial charge on any atom is -0.310 e. The first-order chi connectivity index (χ1) is 9.08. The van der Waals surface area contributed by atoms with Crippen LogP contribution in [0.15, 0.2) is 18.2 Å². The van der Waals surface area contributed by atoms with Crippen molar-refractivity contribution in [2.45, 2.75) is 45.2 Å². The Morgan fingerprint density at radius 1 is 1.37 bits per heavy atom. The van der Waals surface area contributed by atoms with Gasteiger partial charge in [0.05, 0.1) is 4.92 Å². The molecule has 0 heterocycles. The Morgan fingerprint density at radius 2 is 2.05 bits per heavy atom. The number of halogens is 1. The Balaban J connectivity index is 1.96. The van der Waals surface area contributed by atoms with Crippen molar-refractivity contribution in [3.8, 4) is 0 Å². The molecule has 1 aliphatic carbocycles. The highest BCUT2D eigenvalue weighted by Gasteiger charge is 2.20. The molecule has 1 saturated carbocycles. The van der Waals surface area contributed by atoms with Gasteiger partial charge in [0.2, 0.25) is 5.82 Å². The SMILES string of the molecule is CC1CCC(NCc2cccc([N+](=O)[O-])c2F)CC1. The van der Waals surface area contributed by atoms with Crippen LogP contribution in [-0.4, -0.2) is 11.0 Å². The van der Waals surface area contributed by atoms with Crippen molar-refractivity contribution in [1.82, 2.24) is 5.32 Å². The van der Waals surface area contributed by atoms with E-state index in [2.05, 4.69) is 12.2 Å². The molecule has 1 fully saturated rings. The van der Waals surface area contributed by atoms with Crippen molar-refractivity contribution in [3.63, 3.8) is 0 Å². The third-order valence-electron chi connectivity index (χ3n) is 3.85. The number of hydrogen-bond acceptors (Lipinski definition) is 3. The van der Waals surface area contributed by atoms with Crippen molar-refractivity contribution in [1.29, 1.82) is 0 Å². The lowest BCUT2D eigenvalue weighted by atomic mass is 9.87. The molecule has 0 amide bonds. The summed E-state index contributed by atoms with van der Waals surface area (Å²) in [4.78, 5) is 9.98.